The van der Waals surface area contributed by atoms with Crippen LogP contribution in [0.3, 0.4) is 0 Å². The summed E-state index contributed by atoms with van der Waals surface area (Å²) in [6.07, 6.45) is -4.61. The Labute approximate surface area is 135 Å². The highest BCUT2D eigenvalue weighted by molar-refractivity contribution is 6.06. The highest BCUT2D eigenvalue weighted by Gasteiger charge is 2.49. The van der Waals surface area contributed by atoms with Gasteiger partial charge in [-0.2, -0.15) is 0 Å². The second-order valence-electron chi connectivity index (χ2n) is 5.40. The van der Waals surface area contributed by atoms with Crippen LogP contribution >= 0.6 is 0 Å². The van der Waals surface area contributed by atoms with Gasteiger partial charge in [-0.15, -0.1) is 0 Å². The molecule has 2 fully saturated rings. The summed E-state index contributed by atoms with van der Waals surface area (Å²) in [5.41, 5.74) is 0. The lowest BCUT2D eigenvalue weighted by Gasteiger charge is -2.37. The van der Waals surface area contributed by atoms with Crippen LogP contribution in [0.25, 0.3) is 0 Å². The van der Waals surface area contributed by atoms with Crippen LogP contribution < -0.4 is 0 Å². The third kappa shape index (κ3) is 2.85. The number of carbonyl (C=O) groups is 6. The van der Waals surface area contributed by atoms with Gasteiger partial charge >= 0.3 is 11.9 Å². The molecule has 2 atom stereocenters. The predicted octanol–water partition coefficient (Wildman–Crippen LogP) is -1.96. The number of carbonyl (C=O) groups excluding carboxylic acids is 4. The summed E-state index contributed by atoms with van der Waals surface area (Å²) in [4.78, 5) is 71.8. The van der Waals surface area contributed by atoms with Crippen LogP contribution in [0, 0.1) is 0 Å². The lowest BCUT2D eigenvalue weighted by Crippen LogP contribution is -2.63. The van der Waals surface area contributed by atoms with E-state index in [1.807, 2.05) is 0 Å². The van der Waals surface area contributed by atoms with Crippen molar-refractivity contribution in [2.24, 2.45) is 0 Å². The third-order valence-corrected chi connectivity index (χ3v) is 3.88. The average Bonchev–Trinajstić information content (AvgIpc) is 2.97. The standard InChI is InChI=1S/C13H15N3O8/c1-14(10(12(21)22)15-6(17)2-3-7(15)18)11(13(23)24)16-8(19)4-5-9(16)20/h10-11H,2-5H2,1H3,(H,21,22)(H,23,24). The van der Waals surface area contributed by atoms with E-state index in [-0.39, 0.29) is 25.7 Å². The molecule has 0 spiro atoms. The van der Waals surface area contributed by atoms with Gasteiger partial charge in [0.1, 0.15) is 0 Å². The molecule has 0 bridgehead atoms. The van der Waals surface area contributed by atoms with E-state index in [9.17, 15) is 39.0 Å². The smallest absolute Gasteiger partial charge is 0.342 e. The van der Waals surface area contributed by atoms with Crippen molar-refractivity contribution >= 4 is 35.6 Å². The molecular formula is C13H15N3O8. The lowest BCUT2D eigenvalue weighted by molar-refractivity contribution is -0.175. The fourth-order valence-electron chi connectivity index (χ4n) is 2.80. The van der Waals surface area contributed by atoms with Crippen molar-refractivity contribution in [3.05, 3.63) is 0 Å². The number of aliphatic carboxylic acids is 2. The molecule has 0 radical (unpaired) electrons. The van der Waals surface area contributed by atoms with Crippen LogP contribution in [-0.2, 0) is 28.8 Å². The van der Waals surface area contributed by atoms with E-state index in [0.29, 0.717) is 14.7 Å². The lowest BCUT2D eigenvalue weighted by atomic mass is 10.3. The van der Waals surface area contributed by atoms with Crippen molar-refractivity contribution in [2.75, 3.05) is 7.05 Å². The topological polar surface area (TPSA) is 153 Å². The van der Waals surface area contributed by atoms with Gasteiger partial charge in [0, 0.05) is 25.7 Å². The SMILES string of the molecule is CN(C(C(=O)O)N1C(=O)CCC1=O)C(C(=O)O)N1C(=O)CCC1=O. The van der Waals surface area contributed by atoms with Crippen molar-refractivity contribution < 1.29 is 39.0 Å². The van der Waals surface area contributed by atoms with E-state index < -0.39 is 47.9 Å². The minimum absolute atomic E-state index is 0.185. The van der Waals surface area contributed by atoms with Gasteiger partial charge in [-0.1, -0.05) is 0 Å². The summed E-state index contributed by atoms with van der Waals surface area (Å²) < 4.78 is 0. The van der Waals surface area contributed by atoms with Gasteiger partial charge in [-0.3, -0.25) is 29.0 Å². The molecule has 11 nitrogen and oxygen atoms in total. The van der Waals surface area contributed by atoms with E-state index in [0.717, 1.165) is 7.05 Å². The number of amides is 4. The van der Waals surface area contributed by atoms with Crippen LogP contribution in [0.2, 0.25) is 0 Å². The molecule has 24 heavy (non-hydrogen) atoms. The Balaban J connectivity index is 2.40. The van der Waals surface area contributed by atoms with Crippen LogP contribution in [0.5, 0.6) is 0 Å². The number of likely N-dealkylation sites (N-methyl/N-ethyl adjacent to an activating group) is 1. The maximum absolute atomic E-state index is 11.8. The molecular weight excluding hydrogens is 326 g/mol. The fraction of sp³-hybridized carbons (Fsp3) is 0.538. The van der Waals surface area contributed by atoms with Crippen molar-refractivity contribution in [1.82, 2.24) is 14.7 Å². The fourth-order valence-corrected chi connectivity index (χ4v) is 2.80. The molecule has 2 aliphatic rings. The quantitative estimate of drug-likeness (QED) is 0.524. The first kappa shape index (κ1) is 17.5. The average molecular weight is 341 g/mol. The number of carboxylic acid groups (broad SMARTS) is 2. The number of hydrogen-bond acceptors (Lipinski definition) is 7. The second-order valence-corrected chi connectivity index (χ2v) is 5.40. The maximum Gasteiger partial charge on any atom is 0.342 e. The van der Waals surface area contributed by atoms with Gasteiger partial charge in [0.15, 0.2) is 12.3 Å². The highest BCUT2D eigenvalue weighted by atomic mass is 16.4. The first-order chi connectivity index (χ1) is 11.2. The molecule has 130 valence electrons. The minimum atomic E-state index is -1.94. The molecule has 11 heteroatoms. The van der Waals surface area contributed by atoms with Crippen LogP contribution in [0.15, 0.2) is 0 Å². The number of carboxylic acids is 2. The Morgan fingerprint density at radius 2 is 1.04 bits per heavy atom. The maximum atomic E-state index is 11.8. The molecule has 2 rings (SSSR count). The number of hydrogen-bond donors (Lipinski definition) is 2. The van der Waals surface area contributed by atoms with Crippen molar-refractivity contribution in [3.8, 4) is 0 Å². The Morgan fingerprint density at radius 3 is 1.25 bits per heavy atom. The second kappa shape index (κ2) is 6.35. The van der Waals surface area contributed by atoms with Crippen LogP contribution in [-0.4, -0.2) is 79.9 Å². The summed E-state index contributed by atoms with van der Waals surface area (Å²) in [6, 6.07) is 0. The molecule has 2 saturated heterocycles. The van der Waals surface area contributed by atoms with Crippen molar-refractivity contribution in [2.45, 2.75) is 38.0 Å². The Kier molecular flexibility index (Phi) is 4.64. The van der Waals surface area contributed by atoms with Gasteiger partial charge in [-0.05, 0) is 7.05 Å². The largest absolute Gasteiger partial charge is 0.479 e. The molecule has 4 amide bonds. The molecule has 2 aliphatic heterocycles. The Bertz CT molecular complexity index is 559. The van der Waals surface area contributed by atoms with Crippen LogP contribution in [0.1, 0.15) is 25.7 Å². The van der Waals surface area contributed by atoms with Gasteiger partial charge in [0.2, 0.25) is 23.6 Å². The van der Waals surface area contributed by atoms with Crippen molar-refractivity contribution in [1.29, 1.82) is 0 Å². The van der Waals surface area contributed by atoms with E-state index in [1.54, 1.807) is 0 Å². The van der Waals surface area contributed by atoms with Crippen LogP contribution in [0.4, 0.5) is 0 Å². The Morgan fingerprint density at radius 1 is 0.792 bits per heavy atom. The zero-order valence-corrected chi connectivity index (χ0v) is 12.7. The Hall–Kier alpha value is -2.82. The van der Waals surface area contributed by atoms with Gasteiger partial charge in [-0.25, -0.2) is 14.5 Å². The molecule has 0 aromatic rings. The molecule has 2 heterocycles. The number of likely N-dealkylation sites (tertiary alicyclic amines) is 2. The van der Waals surface area contributed by atoms with Gasteiger partial charge in [0.05, 0.1) is 0 Å². The third-order valence-electron chi connectivity index (χ3n) is 3.88. The zero-order valence-electron chi connectivity index (χ0n) is 12.7. The van der Waals surface area contributed by atoms with E-state index in [4.69, 9.17) is 0 Å². The first-order valence-electron chi connectivity index (χ1n) is 7.04. The summed E-state index contributed by atoms with van der Waals surface area (Å²) in [7, 11) is 1.02. The number of rotatable bonds is 6. The molecule has 2 N–H and O–H groups in total. The molecule has 0 aromatic heterocycles. The normalized spacial score (nSPS) is 20.9. The number of imide groups is 2. The summed E-state index contributed by atoms with van der Waals surface area (Å²) in [6.45, 7) is 0. The first-order valence-corrected chi connectivity index (χ1v) is 7.04. The minimum Gasteiger partial charge on any atom is -0.479 e. The van der Waals surface area contributed by atoms with E-state index in [2.05, 4.69) is 0 Å². The van der Waals surface area contributed by atoms with E-state index in [1.165, 1.54) is 0 Å². The predicted molar refractivity (Wildman–Crippen MR) is 72.8 cm³/mol. The van der Waals surface area contributed by atoms with Gasteiger partial charge in [0.25, 0.3) is 0 Å². The summed E-state index contributed by atoms with van der Waals surface area (Å²) in [5.74, 6) is -6.34. The summed E-state index contributed by atoms with van der Waals surface area (Å²) >= 11 is 0. The monoisotopic (exact) mass is 341 g/mol. The van der Waals surface area contributed by atoms with Gasteiger partial charge < -0.3 is 10.2 Å². The molecule has 0 saturated carbocycles. The molecule has 0 aromatic carbocycles. The van der Waals surface area contributed by atoms with Crippen molar-refractivity contribution in [3.63, 3.8) is 0 Å². The van der Waals surface area contributed by atoms with E-state index >= 15 is 0 Å². The number of nitrogens with zero attached hydrogens (tertiary/aromatic N) is 3. The zero-order chi connectivity index (χ0) is 18.2. The molecule has 0 aliphatic carbocycles. The molecule has 2 unspecified atom stereocenters. The highest BCUT2D eigenvalue weighted by Crippen LogP contribution is 2.23. The summed E-state index contributed by atoms with van der Waals surface area (Å²) in [5, 5.41) is 18.8.